The standard InChI is InChI=1S/C17H16/c1-3-17-13-16(10-9-14(17)2)12-11-15-7-5-4-6-8-15/h3-13H,1H2,2H3. The van der Waals surface area contributed by atoms with Gasteiger partial charge in [-0.3, -0.25) is 0 Å². The molecule has 0 spiro atoms. The van der Waals surface area contributed by atoms with E-state index in [1.165, 1.54) is 22.3 Å². The van der Waals surface area contributed by atoms with E-state index in [1.54, 1.807) is 0 Å². The fourth-order valence-corrected chi connectivity index (χ4v) is 1.74. The van der Waals surface area contributed by atoms with Crippen molar-refractivity contribution in [2.75, 3.05) is 0 Å². The molecule has 0 heterocycles. The molecule has 17 heavy (non-hydrogen) atoms. The van der Waals surface area contributed by atoms with E-state index < -0.39 is 0 Å². The summed E-state index contributed by atoms with van der Waals surface area (Å²) in [6.07, 6.45) is 6.15. The second kappa shape index (κ2) is 5.31. The van der Waals surface area contributed by atoms with Crippen LogP contribution in [0.15, 0.2) is 55.1 Å². The van der Waals surface area contributed by atoms with Crippen molar-refractivity contribution in [3.63, 3.8) is 0 Å². The summed E-state index contributed by atoms with van der Waals surface area (Å²) in [7, 11) is 0. The maximum Gasteiger partial charge on any atom is -0.0227 e. The third-order valence-corrected chi connectivity index (χ3v) is 2.79. The van der Waals surface area contributed by atoms with Crippen LogP contribution in [0, 0.1) is 6.92 Å². The van der Waals surface area contributed by atoms with E-state index in [-0.39, 0.29) is 0 Å². The maximum absolute atomic E-state index is 3.83. The van der Waals surface area contributed by atoms with Gasteiger partial charge in [-0.2, -0.15) is 0 Å². The molecule has 0 N–H and O–H groups in total. The van der Waals surface area contributed by atoms with Crippen molar-refractivity contribution in [2.45, 2.75) is 6.92 Å². The lowest BCUT2D eigenvalue weighted by Crippen LogP contribution is -1.81. The molecule has 0 nitrogen and oxygen atoms in total. The fraction of sp³-hybridized carbons (Fsp3) is 0.0588. The van der Waals surface area contributed by atoms with Crippen LogP contribution in [-0.4, -0.2) is 0 Å². The van der Waals surface area contributed by atoms with Crippen molar-refractivity contribution in [1.82, 2.24) is 0 Å². The van der Waals surface area contributed by atoms with E-state index in [1.807, 2.05) is 24.3 Å². The van der Waals surface area contributed by atoms with Crippen molar-refractivity contribution in [2.24, 2.45) is 0 Å². The van der Waals surface area contributed by atoms with Crippen molar-refractivity contribution < 1.29 is 0 Å². The lowest BCUT2D eigenvalue weighted by Gasteiger charge is -2.01. The zero-order valence-electron chi connectivity index (χ0n) is 10.1. The van der Waals surface area contributed by atoms with E-state index in [9.17, 15) is 0 Å². The van der Waals surface area contributed by atoms with Crippen LogP contribution in [-0.2, 0) is 0 Å². The van der Waals surface area contributed by atoms with Crippen LogP contribution in [0.3, 0.4) is 0 Å². The zero-order valence-corrected chi connectivity index (χ0v) is 10.1. The number of benzene rings is 2. The molecule has 0 saturated carbocycles. The molecule has 0 amide bonds. The first-order chi connectivity index (χ1) is 8.29. The summed E-state index contributed by atoms with van der Waals surface area (Å²) in [5.41, 5.74) is 4.87. The Morgan fingerprint density at radius 3 is 2.29 bits per heavy atom. The first kappa shape index (κ1) is 11.4. The highest BCUT2D eigenvalue weighted by Gasteiger charge is 1.94. The Labute approximate surface area is 103 Å². The van der Waals surface area contributed by atoms with E-state index in [4.69, 9.17) is 0 Å². The highest BCUT2D eigenvalue weighted by Crippen LogP contribution is 2.14. The molecule has 2 aromatic rings. The van der Waals surface area contributed by atoms with Gasteiger partial charge in [-0.25, -0.2) is 0 Å². The van der Waals surface area contributed by atoms with Gasteiger partial charge in [-0.1, -0.05) is 67.3 Å². The molecule has 0 atom stereocenters. The lowest BCUT2D eigenvalue weighted by atomic mass is 10.0. The topological polar surface area (TPSA) is 0 Å². The van der Waals surface area contributed by atoms with Gasteiger partial charge in [-0.15, -0.1) is 0 Å². The van der Waals surface area contributed by atoms with Gasteiger partial charge in [0.15, 0.2) is 0 Å². The van der Waals surface area contributed by atoms with E-state index in [0.717, 1.165) is 0 Å². The van der Waals surface area contributed by atoms with Gasteiger partial charge in [-0.05, 0) is 35.2 Å². The average molecular weight is 220 g/mol. The van der Waals surface area contributed by atoms with Crippen molar-refractivity contribution in [3.05, 3.63) is 77.4 Å². The fourth-order valence-electron chi connectivity index (χ4n) is 1.74. The molecule has 2 rings (SSSR count). The molecular weight excluding hydrogens is 204 g/mol. The maximum atomic E-state index is 3.83. The largest absolute Gasteiger partial charge is 0.0985 e. The van der Waals surface area contributed by atoms with E-state index >= 15 is 0 Å². The third kappa shape index (κ3) is 2.94. The zero-order chi connectivity index (χ0) is 12.1. The molecule has 0 bridgehead atoms. The third-order valence-electron chi connectivity index (χ3n) is 2.79. The van der Waals surface area contributed by atoms with Crippen molar-refractivity contribution >= 4 is 18.2 Å². The molecule has 0 aliphatic rings. The van der Waals surface area contributed by atoms with Crippen LogP contribution in [0.4, 0.5) is 0 Å². The molecule has 0 unspecified atom stereocenters. The molecule has 2 aromatic carbocycles. The minimum atomic E-state index is 1.19. The minimum Gasteiger partial charge on any atom is -0.0985 e. The van der Waals surface area contributed by atoms with Gasteiger partial charge in [0.2, 0.25) is 0 Å². The van der Waals surface area contributed by atoms with Crippen molar-refractivity contribution in [3.8, 4) is 0 Å². The summed E-state index contributed by atoms with van der Waals surface area (Å²) in [4.78, 5) is 0. The van der Waals surface area contributed by atoms with Gasteiger partial charge in [0.05, 0.1) is 0 Å². The van der Waals surface area contributed by atoms with Gasteiger partial charge in [0, 0.05) is 0 Å². The Morgan fingerprint density at radius 1 is 0.882 bits per heavy atom. The first-order valence-corrected chi connectivity index (χ1v) is 5.76. The Balaban J connectivity index is 2.25. The summed E-state index contributed by atoms with van der Waals surface area (Å²) in [5.74, 6) is 0. The van der Waals surface area contributed by atoms with Gasteiger partial charge in [0.1, 0.15) is 0 Å². The SMILES string of the molecule is C=Cc1cc(C=Cc2ccccc2)ccc1C. The second-order valence-corrected chi connectivity index (χ2v) is 4.06. The Hall–Kier alpha value is -2.08. The molecule has 84 valence electrons. The predicted molar refractivity (Wildman–Crippen MR) is 76.6 cm³/mol. The van der Waals surface area contributed by atoms with Crippen LogP contribution in [0.25, 0.3) is 18.2 Å². The Bertz CT molecular complexity index is 533. The lowest BCUT2D eigenvalue weighted by molar-refractivity contribution is 1.43. The smallest absolute Gasteiger partial charge is 0.0227 e. The van der Waals surface area contributed by atoms with Gasteiger partial charge < -0.3 is 0 Å². The van der Waals surface area contributed by atoms with Gasteiger partial charge >= 0.3 is 0 Å². The van der Waals surface area contributed by atoms with Crippen molar-refractivity contribution in [1.29, 1.82) is 0 Å². The molecule has 0 heteroatoms. The summed E-state index contributed by atoms with van der Waals surface area (Å²) in [5, 5.41) is 0. The minimum absolute atomic E-state index is 1.19. The van der Waals surface area contributed by atoms with Crippen LogP contribution >= 0.6 is 0 Å². The van der Waals surface area contributed by atoms with Crippen LogP contribution in [0.2, 0.25) is 0 Å². The molecular formula is C17H16. The van der Waals surface area contributed by atoms with Gasteiger partial charge in [0.25, 0.3) is 0 Å². The molecule has 0 aliphatic heterocycles. The number of hydrogen-bond donors (Lipinski definition) is 0. The molecule has 0 fully saturated rings. The normalized spacial score (nSPS) is 10.6. The Morgan fingerprint density at radius 2 is 1.59 bits per heavy atom. The summed E-state index contributed by atoms with van der Waals surface area (Å²) < 4.78 is 0. The quantitative estimate of drug-likeness (QED) is 0.651. The highest BCUT2D eigenvalue weighted by molar-refractivity contribution is 5.71. The summed E-state index contributed by atoms with van der Waals surface area (Å²) in [6, 6.07) is 16.7. The monoisotopic (exact) mass is 220 g/mol. The highest BCUT2D eigenvalue weighted by atomic mass is 14.0. The van der Waals surface area contributed by atoms with Crippen LogP contribution < -0.4 is 0 Å². The molecule has 0 radical (unpaired) electrons. The number of hydrogen-bond acceptors (Lipinski definition) is 0. The Kier molecular flexibility index (Phi) is 3.56. The van der Waals surface area contributed by atoms with Crippen LogP contribution in [0.1, 0.15) is 22.3 Å². The molecule has 0 aliphatic carbocycles. The molecule has 0 saturated heterocycles. The number of rotatable bonds is 3. The van der Waals surface area contributed by atoms with E-state index in [0.29, 0.717) is 0 Å². The average Bonchev–Trinajstić information content (AvgIpc) is 2.39. The summed E-state index contributed by atoms with van der Waals surface area (Å²) in [6.45, 7) is 5.93. The van der Waals surface area contributed by atoms with Crippen LogP contribution in [0.5, 0.6) is 0 Å². The summed E-state index contributed by atoms with van der Waals surface area (Å²) >= 11 is 0. The predicted octanol–water partition coefficient (Wildman–Crippen LogP) is 4.81. The first-order valence-electron chi connectivity index (χ1n) is 5.76. The molecule has 0 aromatic heterocycles. The van der Waals surface area contributed by atoms with E-state index in [2.05, 4.69) is 56.0 Å². The second-order valence-electron chi connectivity index (χ2n) is 4.06. The number of aryl methyl sites for hydroxylation is 1.